The van der Waals surface area contributed by atoms with E-state index in [-0.39, 0.29) is 21.8 Å². The zero-order valence-corrected chi connectivity index (χ0v) is 12.7. The van der Waals surface area contributed by atoms with E-state index in [2.05, 4.69) is 11.1 Å². The Hall–Kier alpha value is -1.31. The van der Waals surface area contributed by atoms with Gasteiger partial charge in [0, 0.05) is 7.05 Å². The summed E-state index contributed by atoms with van der Waals surface area (Å²) in [6, 6.07) is 5.37. The lowest BCUT2D eigenvalue weighted by Crippen LogP contribution is -2.50. The summed E-state index contributed by atoms with van der Waals surface area (Å²) in [5, 5.41) is 9.96. The molecule has 1 heterocycles. The number of halogens is 2. The zero-order valence-electron chi connectivity index (χ0n) is 11.2. The fourth-order valence-corrected chi connectivity index (χ4v) is 2.91. The van der Waals surface area contributed by atoms with Gasteiger partial charge in [-0.2, -0.15) is 5.26 Å². The van der Waals surface area contributed by atoms with Crippen molar-refractivity contribution in [1.82, 2.24) is 9.88 Å². The Morgan fingerprint density at radius 3 is 2.60 bits per heavy atom. The molecule has 0 aromatic carbocycles. The van der Waals surface area contributed by atoms with Crippen molar-refractivity contribution >= 4 is 29.1 Å². The predicted molar refractivity (Wildman–Crippen MR) is 77.8 cm³/mol. The fraction of sp³-hybridized carbons (Fsp3) is 0.500. The normalized spacial score (nSPS) is 17.3. The average molecular weight is 312 g/mol. The third-order valence-electron chi connectivity index (χ3n) is 3.85. The van der Waals surface area contributed by atoms with Crippen LogP contribution in [0.3, 0.4) is 0 Å². The summed E-state index contributed by atoms with van der Waals surface area (Å²) in [6.45, 7) is 0. The van der Waals surface area contributed by atoms with E-state index in [9.17, 15) is 10.1 Å². The molecule has 0 N–H and O–H groups in total. The van der Waals surface area contributed by atoms with Gasteiger partial charge < -0.3 is 4.90 Å². The monoisotopic (exact) mass is 311 g/mol. The van der Waals surface area contributed by atoms with Crippen molar-refractivity contribution in [1.29, 1.82) is 5.26 Å². The molecule has 0 bridgehead atoms. The van der Waals surface area contributed by atoms with Crippen LogP contribution >= 0.6 is 23.2 Å². The van der Waals surface area contributed by atoms with Crippen molar-refractivity contribution < 1.29 is 4.79 Å². The Kier molecular flexibility index (Phi) is 4.52. The number of nitriles is 1. The quantitative estimate of drug-likeness (QED) is 0.783. The number of hydrogen-bond acceptors (Lipinski definition) is 3. The number of hydrogen-bond donors (Lipinski definition) is 0. The first-order valence-corrected chi connectivity index (χ1v) is 7.27. The Labute approximate surface area is 128 Å². The first-order valence-electron chi connectivity index (χ1n) is 6.52. The summed E-state index contributed by atoms with van der Waals surface area (Å²) in [5.74, 6) is -0.360. The van der Waals surface area contributed by atoms with Crippen LogP contribution in [-0.4, -0.2) is 28.4 Å². The van der Waals surface area contributed by atoms with Crippen molar-refractivity contribution in [3.63, 3.8) is 0 Å². The highest BCUT2D eigenvalue weighted by molar-refractivity contribution is 6.34. The number of carbonyl (C=O) groups is 1. The molecule has 106 valence electrons. The zero-order chi connectivity index (χ0) is 14.8. The van der Waals surface area contributed by atoms with Gasteiger partial charge in [-0.25, -0.2) is 4.98 Å². The summed E-state index contributed by atoms with van der Waals surface area (Å²) in [6.07, 6.45) is 4.36. The Balaban J connectivity index is 2.32. The smallest absolute Gasteiger partial charge is 0.275 e. The molecule has 1 aliphatic rings. The van der Waals surface area contributed by atoms with E-state index < -0.39 is 5.54 Å². The lowest BCUT2D eigenvalue weighted by Gasteiger charge is -2.38. The van der Waals surface area contributed by atoms with Crippen LogP contribution in [0.4, 0.5) is 0 Å². The minimum atomic E-state index is -0.761. The van der Waals surface area contributed by atoms with Gasteiger partial charge >= 0.3 is 0 Å². The van der Waals surface area contributed by atoms with Gasteiger partial charge in [0.1, 0.15) is 16.4 Å². The molecule has 1 aromatic heterocycles. The summed E-state index contributed by atoms with van der Waals surface area (Å²) < 4.78 is 0. The van der Waals surface area contributed by atoms with Gasteiger partial charge in [0.15, 0.2) is 0 Å². The van der Waals surface area contributed by atoms with Gasteiger partial charge in [-0.1, -0.05) is 42.5 Å². The molecule has 0 radical (unpaired) electrons. The SMILES string of the molecule is CN(C(=O)c1nc(Cl)ccc1Cl)C1(C#N)CCCCC1. The number of amides is 1. The van der Waals surface area contributed by atoms with Crippen LogP contribution in [0.25, 0.3) is 0 Å². The van der Waals surface area contributed by atoms with Gasteiger partial charge in [0.2, 0.25) is 0 Å². The maximum atomic E-state index is 12.6. The summed E-state index contributed by atoms with van der Waals surface area (Å²) in [7, 11) is 1.63. The molecule has 0 aliphatic heterocycles. The minimum Gasteiger partial charge on any atom is -0.322 e. The second-order valence-electron chi connectivity index (χ2n) is 5.03. The van der Waals surface area contributed by atoms with Crippen molar-refractivity contribution in [3.8, 4) is 6.07 Å². The molecular weight excluding hydrogens is 297 g/mol. The lowest BCUT2D eigenvalue weighted by atomic mass is 9.81. The predicted octanol–water partition coefficient (Wildman–Crippen LogP) is 3.69. The molecule has 6 heteroatoms. The number of rotatable bonds is 2. The number of aromatic nitrogens is 1. The average Bonchev–Trinajstić information content (AvgIpc) is 2.49. The Morgan fingerprint density at radius 1 is 1.35 bits per heavy atom. The van der Waals surface area contributed by atoms with Crippen molar-refractivity contribution in [2.75, 3.05) is 7.05 Å². The molecule has 0 unspecified atom stereocenters. The molecule has 1 fully saturated rings. The molecule has 20 heavy (non-hydrogen) atoms. The Morgan fingerprint density at radius 2 is 2.00 bits per heavy atom. The van der Waals surface area contributed by atoms with Gasteiger partial charge in [0.25, 0.3) is 5.91 Å². The Bertz CT molecular complexity index is 562. The fourth-order valence-electron chi connectivity index (χ4n) is 2.58. The highest BCUT2D eigenvalue weighted by Crippen LogP contribution is 2.33. The number of pyridine rings is 1. The molecule has 2 rings (SSSR count). The molecule has 4 nitrogen and oxygen atoms in total. The van der Waals surface area contributed by atoms with Crippen molar-refractivity contribution in [2.24, 2.45) is 0 Å². The third-order valence-corrected chi connectivity index (χ3v) is 4.37. The van der Waals surface area contributed by atoms with Gasteiger partial charge in [-0.3, -0.25) is 4.79 Å². The maximum Gasteiger partial charge on any atom is 0.275 e. The first kappa shape index (κ1) is 15.1. The maximum absolute atomic E-state index is 12.6. The summed E-state index contributed by atoms with van der Waals surface area (Å²) in [4.78, 5) is 18.0. The van der Waals surface area contributed by atoms with Crippen LogP contribution in [0.1, 0.15) is 42.6 Å². The topological polar surface area (TPSA) is 57.0 Å². The lowest BCUT2D eigenvalue weighted by molar-refractivity contribution is 0.0583. The van der Waals surface area contributed by atoms with E-state index in [1.807, 2.05) is 0 Å². The van der Waals surface area contributed by atoms with Gasteiger partial charge in [0.05, 0.1) is 11.1 Å². The van der Waals surface area contributed by atoms with E-state index in [0.717, 1.165) is 19.3 Å². The molecular formula is C14H15Cl2N3O. The van der Waals surface area contributed by atoms with E-state index in [0.29, 0.717) is 12.8 Å². The largest absolute Gasteiger partial charge is 0.322 e. The second-order valence-corrected chi connectivity index (χ2v) is 5.83. The first-order chi connectivity index (χ1) is 9.50. The molecule has 0 spiro atoms. The summed E-state index contributed by atoms with van der Waals surface area (Å²) in [5.41, 5.74) is -0.662. The molecule has 0 saturated heterocycles. The van der Waals surface area contributed by atoms with Crippen LogP contribution in [0.15, 0.2) is 12.1 Å². The summed E-state index contributed by atoms with van der Waals surface area (Å²) >= 11 is 11.8. The van der Waals surface area contributed by atoms with Crippen molar-refractivity contribution in [2.45, 2.75) is 37.6 Å². The van der Waals surface area contributed by atoms with Crippen LogP contribution in [0, 0.1) is 11.3 Å². The molecule has 1 saturated carbocycles. The molecule has 0 atom stereocenters. The second kappa shape index (κ2) is 5.99. The molecule has 1 aliphatic carbocycles. The molecule has 1 aromatic rings. The van der Waals surface area contributed by atoms with Crippen LogP contribution in [0.2, 0.25) is 10.2 Å². The standard InChI is InChI=1S/C14H15Cl2N3O/c1-19(14(9-17)7-3-2-4-8-14)13(20)12-10(15)5-6-11(16)18-12/h5-6H,2-4,7-8H2,1H3. The van der Waals surface area contributed by atoms with Gasteiger partial charge in [-0.05, 0) is 25.0 Å². The van der Waals surface area contributed by atoms with Crippen LogP contribution in [-0.2, 0) is 0 Å². The minimum absolute atomic E-state index is 0.0989. The van der Waals surface area contributed by atoms with Crippen LogP contribution < -0.4 is 0 Å². The van der Waals surface area contributed by atoms with Crippen molar-refractivity contribution in [3.05, 3.63) is 28.0 Å². The van der Waals surface area contributed by atoms with E-state index in [4.69, 9.17) is 23.2 Å². The van der Waals surface area contributed by atoms with Crippen LogP contribution in [0.5, 0.6) is 0 Å². The third kappa shape index (κ3) is 2.74. The molecule has 1 amide bonds. The van der Waals surface area contributed by atoms with E-state index in [1.165, 1.54) is 17.0 Å². The number of carbonyl (C=O) groups excluding carboxylic acids is 1. The number of nitrogens with zero attached hydrogens (tertiary/aromatic N) is 3. The highest BCUT2D eigenvalue weighted by Gasteiger charge is 2.39. The van der Waals surface area contributed by atoms with Gasteiger partial charge in [-0.15, -0.1) is 0 Å². The van der Waals surface area contributed by atoms with E-state index >= 15 is 0 Å². The highest BCUT2D eigenvalue weighted by atomic mass is 35.5. The van der Waals surface area contributed by atoms with E-state index in [1.54, 1.807) is 7.05 Å².